The zero-order valence-corrected chi connectivity index (χ0v) is 12.5. The minimum absolute atomic E-state index is 0.109. The lowest BCUT2D eigenvalue weighted by molar-refractivity contribution is -0.0867. The molecule has 1 fully saturated rings. The zero-order chi connectivity index (χ0) is 14.7. The average Bonchev–Trinajstić information content (AvgIpc) is 2.52. The smallest absolute Gasteiger partial charge is 0.128 e. The molecule has 3 unspecified atom stereocenters. The number of ether oxygens (including phenoxy) is 2. The predicted octanol–water partition coefficient (Wildman–Crippen LogP) is 3.11. The SMILES string of the molecule is CNC1CC(Oc2ccccc2-c2ccccc2)C1OC. The second-order valence-electron chi connectivity index (χ2n) is 5.35. The van der Waals surface area contributed by atoms with Crippen molar-refractivity contribution in [3.05, 3.63) is 54.6 Å². The Hall–Kier alpha value is -1.84. The van der Waals surface area contributed by atoms with Gasteiger partial charge in [-0.05, 0) is 18.7 Å². The van der Waals surface area contributed by atoms with Crippen LogP contribution >= 0.6 is 0 Å². The maximum atomic E-state index is 6.21. The van der Waals surface area contributed by atoms with E-state index in [0.29, 0.717) is 6.04 Å². The van der Waals surface area contributed by atoms with E-state index in [1.807, 2.05) is 43.4 Å². The Morgan fingerprint density at radius 3 is 2.43 bits per heavy atom. The lowest BCUT2D eigenvalue weighted by Crippen LogP contribution is -2.60. The fourth-order valence-electron chi connectivity index (χ4n) is 2.88. The van der Waals surface area contributed by atoms with Crippen LogP contribution in [0.1, 0.15) is 6.42 Å². The van der Waals surface area contributed by atoms with Gasteiger partial charge in [0, 0.05) is 25.1 Å². The maximum Gasteiger partial charge on any atom is 0.128 e. The van der Waals surface area contributed by atoms with E-state index < -0.39 is 0 Å². The van der Waals surface area contributed by atoms with E-state index in [2.05, 4.69) is 23.5 Å². The highest BCUT2D eigenvalue weighted by molar-refractivity contribution is 5.70. The number of likely N-dealkylation sites (N-methyl/N-ethyl adjacent to an activating group) is 1. The Kier molecular flexibility index (Phi) is 4.23. The van der Waals surface area contributed by atoms with Gasteiger partial charge in [-0.1, -0.05) is 48.5 Å². The molecule has 0 spiro atoms. The predicted molar refractivity (Wildman–Crippen MR) is 84.6 cm³/mol. The molecule has 1 N–H and O–H groups in total. The summed E-state index contributed by atoms with van der Waals surface area (Å²) in [6, 6.07) is 18.9. The van der Waals surface area contributed by atoms with Crippen molar-refractivity contribution in [1.29, 1.82) is 0 Å². The molecule has 2 aromatic carbocycles. The lowest BCUT2D eigenvalue weighted by Gasteiger charge is -2.43. The van der Waals surface area contributed by atoms with Gasteiger partial charge in [-0.15, -0.1) is 0 Å². The van der Waals surface area contributed by atoms with Crippen LogP contribution in [0.2, 0.25) is 0 Å². The fourth-order valence-corrected chi connectivity index (χ4v) is 2.88. The second kappa shape index (κ2) is 6.29. The third-order valence-electron chi connectivity index (χ3n) is 4.14. The van der Waals surface area contributed by atoms with Gasteiger partial charge in [0.05, 0.1) is 0 Å². The highest BCUT2D eigenvalue weighted by Crippen LogP contribution is 2.34. The van der Waals surface area contributed by atoms with Gasteiger partial charge in [0.15, 0.2) is 0 Å². The Morgan fingerprint density at radius 2 is 1.71 bits per heavy atom. The van der Waals surface area contributed by atoms with Gasteiger partial charge in [-0.25, -0.2) is 0 Å². The van der Waals surface area contributed by atoms with Gasteiger partial charge in [-0.2, -0.15) is 0 Å². The molecule has 1 saturated carbocycles. The molecule has 21 heavy (non-hydrogen) atoms. The number of para-hydroxylation sites is 1. The van der Waals surface area contributed by atoms with Gasteiger partial charge < -0.3 is 14.8 Å². The highest BCUT2D eigenvalue weighted by atomic mass is 16.5. The molecule has 0 aliphatic heterocycles. The Morgan fingerprint density at radius 1 is 1.00 bits per heavy atom. The molecule has 3 atom stereocenters. The number of rotatable bonds is 5. The van der Waals surface area contributed by atoms with Crippen molar-refractivity contribution in [3.63, 3.8) is 0 Å². The van der Waals surface area contributed by atoms with Crippen molar-refractivity contribution >= 4 is 0 Å². The summed E-state index contributed by atoms with van der Waals surface area (Å²) in [7, 11) is 3.71. The monoisotopic (exact) mass is 283 g/mol. The van der Waals surface area contributed by atoms with Gasteiger partial charge >= 0.3 is 0 Å². The molecule has 1 aliphatic rings. The van der Waals surface area contributed by atoms with Crippen LogP contribution < -0.4 is 10.1 Å². The highest BCUT2D eigenvalue weighted by Gasteiger charge is 2.42. The summed E-state index contributed by atoms with van der Waals surface area (Å²) >= 11 is 0. The summed E-state index contributed by atoms with van der Waals surface area (Å²) in [4.78, 5) is 0. The number of hydrogen-bond donors (Lipinski definition) is 1. The van der Waals surface area contributed by atoms with Crippen molar-refractivity contribution in [2.45, 2.75) is 24.7 Å². The second-order valence-corrected chi connectivity index (χ2v) is 5.35. The zero-order valence-electron chi connectivity index (χ0n) is 12.5. The van der Waals surface area contributed by atoms with Crippen LogP contribution in [-0.4, -0.2) is 32.4 Å². The third-order valence-corrected chi connectivity index (χ3v) is 4.14. The summed E-state index contributed by atoms with van der Waals surface area (Å²) in [5.74, 6) is 0.922. The van der Waals surface area contributed by atoms with Crippen molar-refractivity contribution in [2.75, 3.05) is 14.2 Å². The van der Waals surface area contributed by atoms with Crippen molar-refractivity contribution in [3.8, 4) is 16.9 Å². The molecular formula is C18H21NO2. The molecule has 0 heterocycles. The molecule has 1 aliphatic carbocycles. The first-order valence-electron chi connectivity index (χ1n) is 7.34. The molecule has 0 saturated heterocycles. The number of methoxy groups -OCH3 is 1. The van der Waals surface area contributed by atoms with Crippen LogP contribution in [0.4, 0.5) is 0 Å². The summed E-state index contributed by atoms with van der Waals surface area (Å²) in [5, 5.41) is 3.26. The first-order chi connectivity index (χ1) is 10.3. The van der Waals surface area contributed by atoms with Crippen LogP contribution in [0.3, 0.4) is 0 Å². The molecular weight excluding hydrogens is 262 g/mol. The van der Waals surface area contributed by atoms with Gasteiger partial charge in [-0.3, -0.25) is 0 Å². The quantitative estimate of drug-likeness (QED) is 0.914. The molecule has 0 amide bonds. The number of benzene rings is 2. The number of nitrogens with one attached hydrogen (secondary N) is 1. The molecule has 3 heteroatoms. The van der Waals surface area contributed by atoms with Gasteiger partial charge in [0.25, 0.3) is 0 Å². The van der Waals surface area contributed by atoms with E-state index >= 15 is 0 Å². The summed E-state index contributed by atoms with van der Waals surface area (Å²) in [6.45, 7) is 0. The maximum absolute atomic E-state index is 6.21. The molecule has 0 bridgehead atoms. The van der Waals surface area contributed by atoms with E-state index in [4.69, 9.17) is 9.47 Å². The van der Waals surface area contributed by atoms with Crippen molar-refractivity contribution in [2.24, 2.45) is 0 Å². The minimum atomic E-state index is 0.109. The van der Waals surface area contributed by atoms with Crippen LogP contribution in [0.5, 0.6) is 5.75 Å². The molecule has 2 aromatic rings. The van der Waals surface area contributed by atoms with Crippen molar-refractivity contribution < 1.29 is 9.47 Å². The molecule has 3 rings (SSSR count). The fraction of sp³-hybridized carbons (Fsp3) is 0.333. The summed E-state index contributed by atoms with van der Waals surface area (Å²) < 4.78 is 11.7. The van der Waals surface area contributed by atoms with Crippen LogP contribution in [-0.2, 0) is 4.74 Å². The van der Waals surface area contributed by atoms with Crippen LogP contribution in [0, 0.1) is 0 Å². The standard InChI is InChI=1S/C18H21NO2/c1-19-15-12-17(18(15)20-2)21-16-11-7-6-10-14(16)13-8-4-3-5-9-13/h3-11,15,17-19H,12H2,1-2H3. The Labute approximate surface area is 125 Å². The van der Waals surface area contributed by atoms with E-state index in [1.165, 1.54) is 5.56 Å². The molecule has 0 radical (unpaired) electrons. The topological polar surface area (TPSA) is 30.5 Å². The van der Waals surface area contributed by atoms with Crippen LogP contribution in [0.25, 0.3) is 11.1 Å². The minimum Gasteiger partial charge on any atom is -0.487 e. The van der Waals surface area contributed by atoms with Gasteiger partial charge in [0.1, 0.15) is 18.0 Å². The van der Waals surface area contributed by atoms with E-state index in [0.717, 1.165) is 17.7 Å². The van der Waals surface area contributed by atoms with E-state index in [9.17, 15) is 0 Å². The Balaban J connectivity index is 1.81. The Bertz CT molecular complexity index is 585. The van der Waals surface area contributed by atoms with E-state index in [1.54, 1.807) is 7.11 Å². The first kappa shape index (κ1) is 14.1. The normalized spacial score (nSPS) is 24.4. The average molecular weight is 283 g/mol. The molecule has 110 valence electrons. The summed E-state index contributed by atoms with van der Waals surface area (Å²) in [5.41, 5.74) is 2.30. The third kappa shape index (κ3) is 2.80. The lowest BCUT2D eigenvalue weighted by atomic mass is 9.85. The van der Waals surface area contributed by atoms with Crippen LogP contribution in [0.15, 0.2) is 54.6 Å². The van der Waals surface area contributed by atoms with Gasteiger partial charge in [0.2, 0.25) is 0 Å². The van der Waals surface area contributed by atoms with E-state index in [-0.39, 0.29) is 12.2 Å². The number of hydrogen-bond acceptors (Lipinski definition) is 3. The van der Waals surface area contributed by atoms with Crippen molar-refractivity contribution in [1.82, 2.24) is 5.32 Å². The summed E-state index contributed by atoms with van der Waals surface area (Å²) in [6.07, 6.45) is 1.19. The largest absolute Gasteiger partial charge is 0.487 e. The molecule has 3 nitrogen and oxygen atoms in total. The first-order valence-corrected chi connectivity index (χ1v) is 7.34. The molecule has 0 aromatic heterocycles.